The molecular weight excluding hydrogens is 581 g/mol. The molecule has 41 heavy (non-hydrogen) atoms. The summed E-state index contributed by atoms with van der Waals surface area (Å²) in [5.74, 6) is -0.861. The van der Waals surface area contributed by atoms with Crippen molar-refractivity contribution in [3.05, 3.63) is 93.5 Å². The SMILES string of the molecule is CC[C@H](C)NC(=O)[C@H](CC)N(Cc1ccccc1Cl)C(=O)CN(c1cc(Cl)ccc1C)S(=O)(=O)c1ccc(C)cc1. The summed E-state index contributed by atoms with van der Waals surface area (Å²) in [6.45, 7) is 8.76. The highest BCUT2D eigenvalue weighted by Gasteiger charge is 2.34. The van der Waals surface area contributed by atoms with Crippen LogP contribution in [0, 0.1) is 13.8 Å². The predicted octanol–water partition coefficient (Wildman–Crippen LogP) is 6.53. The summed E-state index contributed by atoms with van der Waals surface area (Å²) in [6, 6.07) is 17.4. The minimum Gasteiger partial charge on any atom is -0.352 e. The van der Waals surface area contributed by atoms with Gasteiger partial charge in [0.15, 0.2) is 0 Å². The largest absolute Gasteiger partial charge is 0.352 e. The van der Waals surface area contributed by atoms with Gasteiger partial charge in [0, 0.05) is 22.6 Å². The van der Waals surface area contributed by atoms with Crippen molar-refractivity contribution in [2.24, 2.45) is 0 Å². The van der Waals surface area contributed by atoms with E-state index in [9.17, 15) is 18.0 Å². The Bertz CT molecular complexity index is 1480. The molecule has 0 radical (unpaired) electrons. The first-order valence-corrected chi connectivity index (χ1v) is 15.8. The van der Waals surface area contributed by atoms with Crippen LogP contribution < -0.4 is 9.62 Å². The van der Waals surface area contributed by atoms with Crippen molar-refractivity contribution in [2.45, 2.75) is 71.0 Å². The molecular formula is C31H37Cl2N3O4S. The molecule has 0 saturated carbocycles. The fourth-order valence-electron chi connectivity index (χ4n) is 4.37. The molecule has 2 atom stereocenters. The fraction of sp³-hybridized carbons (Fsp3) is 0.355. The smallest absolute Gasteiger partial charge is 0.264 e. The maximum atomic E-state index is 14.2. The van der Waals surface area contributed by atoms with Gasteiger partial charge in [-0.25, -0.2) is 8.42 Å². The molecule has 0 fully saturated rings. The standard InChI is InChI=1S/C31H37Cl2N3O4S/c1-6-23(5)34-31(38)28(7-2)35(19-24-10-8-9-11-27(24)33)30(37)20-36(29-18-25(32)15-14-22(29)4)41(39,40)26-16-12-21(3)13-17-26/h8-18,23,28H,6-7,19-20H2,1-5H3,(H,34,38)/t23-,28-/m0/s1. The lowest BCUT2D eigenvalue weighted by Crippen LogP contribution is -2.53. The number of nitrogens with zero attached hydrogens (tertiary/aromatic N) is 2. The summed E-state index contributed by atoms with van der Waals surface area (Å²) in [4.78, 5) is 29.0. The molecule has 0 aromatic heterocycles. The molecule has 220 valence electrons. The minimum absolute atomic E-state index is 0.0257. The molecule has 1 N–H and O–H groups in total. The number of aryl methyl sites for hydroxylation is 2. The van der Waals surface area contributed by atoms with E-state index >= 15 is 0 Å². The second kappa shape index (κ2) is 14.2. The van der Waals surface area contributed by atoms with Gasteiger partial charge in [-0.2, -0.15) is 0 Å². The zero-order valence-electron chi connectivity index (χ0n) is 24.0. The number of benzene rings is 3. The van der Waals surface area contributed by atoms with Crippen molar-refractivity contribution in [2.75, 3.05) is 10.8 Å². The normalized spacial score (nSPS) is 12.9. The molecule has 7 nitrogen and oxygen atoms in total. The van der Waals surface area contributed by atoms with Gasteiger partial charge in [-0.1, -0.05) is 79.0 Å². The summed E-state index contributed by atoms with van der Waals surface area (Å²) in [6.07, 6.45) is 1.04. The zero-order valence-corrected chi connectivity index (χ0v) is 26.4. The van der Waals surface area contributed by atoms with Crippen molar-refractivity contribution in [3.8, 4) is 0 Å². The van der Waals surface area contributed by atoms with Crippen molar-refractivity contribution in [1.29, 1.82) is 0 Å². The van der Waals surface area contributed by atoms with E-state index in [4.69, 9.17) is 23.2 Å². The van der Waals surface area contributed by atoms with Crippen LogP contribution in [0.2, 0.25) is 10.0 Å². The first-order chi connectivity index (χ1) is 19.4. The second-order valence-corrected chi connectivity index (χ2v) is 12.8. The number of amides is 2. The van der Waals surface area contributed by atoms with Crippen molar-refractivity contribution in [3.63, 3.8) is 0 Å². The number of sulfonamides is 1. The molecule has 0 bridgehead atoms. The second-order valence-electron chi connectivity index (χ2n) is 10.1. The Labute approximate surface area is 253 Å². The quantitative estimate of drug-likeness (QED) is 0.250. The van der Waals surface area contributed by atoms with Crippen LogP contribution in [0.15, 0.2) is 71.6 Å². The summed E-state index contributed by atoms with van der Waals surface area (Å²) in [5, 5.41) is 3.73. The number of halogens is 2. The van der Waals surface area contributed by atoms with E-state index < -0.39 is 28.5 Å². The number of hydrogen-bond donors (Lipinski definition) is 1. The van der Waals surface area contributed by atoms with Gasteiger partial charge in [0.25, 0.3) is 10.0 Å². The molecule has 0 aliphatic carbocycles. The van der Waals surface area contributed by atoms with Crippen LogP contribution in [-0.4, -0.2) is 43.8 Å². The number of anilines is 1. The van der Waals surface area contributed by atoms with E-state index in [1.165, 1.54) is 23.1 Å². The summed E-state index contributed by atoms with van der Waals surface area (Å²) in [7, 11) is -4.19. The average molecular weight is 619 g/mol. The Morgan fingerprint density at radius 1 is 0.927 bits per heavy atom. The highest BCUT2D eigenvalue weighted by atomic mass is 35.5. The Hall–Kier alpha value is -3.07. The van der Waals surface area contributed by atoms with Crippen molar-refractivity contribution < 1.29 is 18.0 Å². The lowest BCUT2D eigenvalue weighted by atomic mass is 10.1. The molecule has 10 heteroatoms. The van der Waals surface area contributed by atoms with Gasteiger partial charge in [-0.05, 0) is 75.1 Å². The minimum atomic E-state index is -4.19. The molecule has 0 aliphatic heterocycles. The van der Waals surface area contributed by atoms with E-state index in [-0.39, 0.29) is 29.1 Å². The van der Waals surface area contributed by atoms with Gasteiger partial charge in [0.05, 0.1) is 10.6 Å². The van der Waals surface area contributed by atoms with Crippen LogP contribution in [0.1, 0.15) is 50.3 Å². The first kappa shape index (κ1) is 32.4. The van der Waals surface area contributed by atoms with Gasteiger partial charge in [0.2, 0.25) is 11.8 Å². The Kier molecular flexibility index (Phi) is 11.2. The number of carbonyl (C=O) groups excluding carboxylic acids is 2. The first-order valence-electron chi connectivity index (χ1n) is 13.6. The third-order valence-corrected chi connectivity index (χ3v) is 9.39. The topological polar surface area (TPSA) is 86.8 Å². The van der Waals surface area contributed by atoms with E-state index in [0.717, 1.165) is 16.3 Å². The Balaban J connectivity index is 2.11. The molecule has 0 saturated heterocycles. The monoisotopic (exact) mass is 617 g/mol. The van der Waals surface area contributed by atoms with E-state index in [2.05, 4.69) is 5.32 Å². The molecule has 3 rings (SSSR count). The molecule has 3 aromatic carbocycles. The Morgan fingerprint density at radius 2 is 1.59 bits per heavy atom. The zero-order chi connectivity index (χ0) is 30.3. The molecule has 0 heterocycles. The molecule has 2 amide bonds. The highest BCUT2D eigenvalue weighted by molar-refractivity contribution is 7.92. The van der Waals surface area contributed by atoms with Crippen LogP contribution in [0.25, 0.3) is 0 Å². The van der Waals surface area contributed by atoms with Crippen LogP contribution in [0.5, 0.6) is 0 Å². The highest BCUT2D eigenvalue weighted by Crippen LogP contribution is 2.30. The maximum absolute atomic E-state index is 14.2. The lowest BCUT2D eigenvalue weighted by Gasteiger charge is -2.34. The fourth-order valence-corrected chi connectivity index (χ4v) is 6.21. The van der Waals surface area contributed by atoms with E-state index in [1.807, 2.05) is 27.7 Å². The molecule has 0 aliphatic rings. The Morgan fingerprint density at radius 3 is 2.20 bits per heavy atom. The summed E-state index contributed by atoms with van der Waals surface area (Å²) in [5.41, 5.74) is 2.44. The van der Waals surface area contributed by atoms with Gasteiger partial charge in [-0.3, -0.25) is 13.9 Å². The third-order valence-electron chi connectivity index (χ3n) is 7.01. The van der Waals surface area contributed by atoms with E-state index in [0.29, 0.717) is 27.6 Å². The van der Waals surface area contributed by atoms with Crippen LogP contribution >= 0.6 is 23.2 Å². The molecule has 0 unspecified atom stereocenters. The van der Waals surface area contributed by atoms with Crippen LogP contribution in [-0.2, 0) is 26.2 Å². The van der Waals surface area contributed by atoms with Gasteiger partial charge < -0.3 is 10.2 Å². The maximum Gasteiger partial charge on any atom is 0.264 e. The lowest BCUT2D eigenvalue weighted by molar-refractivity contribution is -0.140. The van der Waals surface area contributed by atoms with E-state index in [1.54, 1.807) is 55.5 Å². The summed E-state index contributed by atoms with van der Waals surface area (Å²) >= 11 is 12.7. The molecule has 3 aromatic rings. The number of rotatable bonds is 12. The van der Waals surface area contributed by atoms with Crippen molar-refractivity contribution >= 4 is 50.7 Å². The van der Waals surface area contributed by atoms with Crippen LogP contribution in [0.3, 0.4) is 0 Å². The predicted molar refractivity (Wildman–Crippen MR) is 166 cm³/mol. The number of carbonyl (C=O) groups is 2. The van der Waals surface area contributed by atoms with Crippen molar-refractivity contribution in [1.82, 2.24) is 10.2 Å². The average Bonchev–Trinajstić information content (AvgIpc) is 2.94. The van der Waals surface area contributed by atoms with Crippen LogP contribution in [0.4, 0.5) is 5.69 Å². The number of hydrogen-bond acceptors (Lipinski definition) is 4. The van der Waals surface area contributed by atoms with Gasteiger partial charge >= 0.3 is 0 Å². The third kappa shape index (κ3) is 8.03. The number of nitrogens with one attached hydrogen (secondary N) is 1. The summed E-state index contributed by atoms with van der Waals surface area (Å²) < 4.78 is 29.2. The molecule has 0 spiro atoms. The van der Waals surface area contributed by atoms with Gasteiger partial charge in [0.1, 0.15) is 12.6 Å². The van der Waals surface area contributed by atoms with Gasteiger partial charge in [-0.15, -0.1) is 0 Å².